The van der Waals surface area contributed by atoms with Gasteiger partial charge in [0.15, 0.2) is 0 Å². The molecular weight excluding hydrogens is 332 g/mol. The number of unbranched alkanes of at least 4 members (excludes halogenated alkanes) is 9. The number of amides is 1. The van der Waals surface area contributed by atoms with Crippen LogP contribution in [0.1, 0.15) is 117 Å². The molecule has 0 aromatic heterocycles. The maximum Gasteiger partial charge on any atom is 0.222 e. The topological polar surface area (TPSA) is 23.6 Å². The molecule has 0 aliphatic heterocycles. The highest BCUT2D eigenvalue weighted by Crippen LogP contribution is 2.18. The van der Waals surface area contributed by atoms with Crippen LogP contribution in [0.5, 0.6) is 0 Å². The second kappa shape index (κ2) is 18.8. The molecule has 162 valence electrons. The van der Waals surface area contributed by atoms with Gasteiger partial charge in [0.25, 0.3) is 0 Å². The van der Waals surface area contributed by atoms with Crippen molar-refractivity contribution in [2.24, 2.45) is 0 Å². The third-order valence-corrected chi connectivity index (χ3v) is 5.62. The van der Waals surface area contributed by atoms with E-state index in [0.717, 1.165) is 38.8 Å². The minimum atomic E-state index is 0.406. The van der Waals surface area contributed by atoms with Crippen molar-refractivity contribution in [1.29, 1.82) is 0 Å². The van der Waals surface area contributed by atoms with Gasteiger partial charge in [-0.05, 0) is 46.3 Å². The zero-order chi connectivity index (χ0) is 20.3. The first-order valence-electron chi connectivity index (χ1n) is 12.0. The average molecular weight is 383 g/mol. The number of nitrogens with zero attached hydrogens (tertiary/aromatic N) is 2. The SMILES string of the molecule is CCCCCCCCC(CC)N(CCCN(C)C)C(=O)CCCCCCC. The molecule has 0 bridgehead atoms. The number of carbonyl (C=O) groups is 1. The summed E-state index contributed by atoms with van der Waals surface area (Å²) in [5.74, 6) is 0.406. The lowest BCUT2D eigenvalue weighted by molar-refractivity contribution is -0.134. The lowest BCUT2D eigenvalue weighted by Gasteiger charge is -2.32. The van der Waals surface area contributed by atoms with Crippen LogP contribution in [0.25, 0.3) is 0 Å². The molecule has 0 rings (SSSR count). The molecule has 1 amide bonds. The summed E-state index contributed by atoms with van der Waals surface area (Å²) in [7, 11) is 4.24. The number of rotatable bonds is 19. The van der Waals surface area contributed by atoms with E-state index in [4.69, 9.17) is 0 Å². The van der Waals surface area contributed by atoms with E-state index >= 15 is 0 Å². The lowest BCUT2D eigenvalue weighted by atomic mass is 10.0. The van der Waals surface area contributed by atoms with E-state index in [2.05, 4.69) is 44.7 Å². The predicted octanol–water partition coefficient (Wildman–Crippen LogP) is 6.66. The van der Waals surface area contributed by atoms with Crippen LogP contribution >= 0.6 is 0 Å². The monoisotopic (exact) mass is 382 g/mol. The lowest BCUT2D eigenvalue weighted by Crippen LogP contribution is -2.41. The van der Waals surface area contributed by atoms with Crippen LogP contribution in [-0.4, -0.2) is 48.9 Å². The van der Waals surface area contributed by atoms with Crippen molar-refractivity contribution in [3.05, 3.63) is 0 Å². The van der Waals surface area contributed by atoms with Gasteiger partial charge in [-0.25, -0.2) is 0 Å². The van der Waals surface area contributed by atoms with Gasteiger partial charge in [-0.3, -0.25) is 4.79 Å². The first-order chi connectivity index (χ1) is 13.1. The summed E-state index contributed by atoms with van der Waals surface area (Å²) in [5, 5.41) is 0. The van der Waals surface area contributed by atoms with Crippen LogP contribution in [0.4, 0.5) is 0 Å². The minimum Gasteiger partial charge on any atom is -0.340 e. The zero-order valence-electron chi connectivity index (χ0n) is 19.4. The Labute approximate surface area is 171 Å². The second-order valence-electron chi connectivity index (χ2n) is 8.53. The zero-order valence-corrected chi connectivity index (χ0v) is 19.4. The van der Waals surface area contributed by atoms with Crippen LogP contribution in [0.2, 0.25) is 0 Å². The fourth-order valence-electron chi connectivity index (χ4n) is 3.83. The maximum atomic E-state index is 12.9. The van der Waals surface area contributed by atoms with Crippen LogP contribution in [0, 0.1) is 0 Å². The van der Waals surface area contributed by atoms with E-state index in [0.29, 0.717) is 11.9 Å². The Balaban J connectivity index is 4.45. The van der Waals surface area contributed by atoms with Gasteiger partial charge < -0.3 is 9.80 Å². The molecule has 3 heteroatoms. The quantitative estimate of drug-likeness (QED) is 0.233. The first-order valence-corrected chi connectivity index (χ1v) is 12.0. The van der Waals surface area contributed by atoms with Crippen molar-refractivity contribution in [2.45, 2.75) is 123 Å². The molecule has 0 N–H and O–H groups in total. The third kappa shape index (κ3) is 15.1. The van der Waals surface area contributed by atoms with Gasteiger partial charge in [-0.1, -0.05) is 85.0 Å². The molecule has 0 aliphatic carbocycles. The summed E-state index contributed by atoms with van der Waals surface area (Å²) in [6.07, 6.45) is 18.2. The predicted molar refractivity (Wildman–Crippen MR) is 120 cm³/mol. The summed E-state index contributed by atoms with van der Waals surface area (Å²) in [5.41, 5.74) is 0. The molecule has 1 atom stereocenters. The van der Waals surface area contributed by atoms with Gasteiger partial charge in [-0.15, -0.1) is 0 Å². The average Bonchev–Trinajstić information content (AvgIpc) is 2.65. The Morgan fingerprint density at radius 2 is 1.26 bits per heavy atom. The molecule has 0 saturated heterocycles. The Hall–Kier alpha value is -0.570. The summed E-state index contributed by atoms with van der Waals surface area (Å²) in [6.45, 7) is 8.77. The fraction of sp³-hybridized carbons (Fsp3) is 0.958. The fourth-order valence-corrected chi connectivity index (χ4v) is 3.83. The van der Waals surface area contributed by atoms with Crippen LogP contribution < -0.4 is 0 Å². The Bertz CT molecular complexity index is 330. The number of hydrogen-bond donors (Lipinski definition) is 0. The molecule has 0 aromatic rings. The van der Waals surface area contributed by atoms with E-state index in [9.17, 15) is 4.79 Å². The van der Waals surface area contributed by atoms with Crippen LogP contribution in [-0.2, 0) is 4.79 Å². The van der Waals surface area contributed by atoms with Gasteiger partial charge in [0.2, 0.25) is 5.91 Å². The molecule has 0 aliphatic rings. The molecule has 3 nitrogen and oxygen atoms in total. The summed E-state index contributed by atoms with van der Waals surface area (Å²) < 4.78 is 0. The Morgan fingerprint density at radius 3 is 1.81 bits per heavy atom. The van der Waals surface area contributed by atoms with Crippen molar-refractivity contribution in [3.63, 3.8) is 0 Å². The molecule has 0 saturated carbocycles. The van der Waals surface area contributed by atoms with Crippen LogP contribution in [0.15, 0.2) is 0 Å². The van der Waals surface area contributed by atoms with Gasteiger partial charge in [0.05, 0.1) is 0 Å². The molecule has 0 heterocycles. The van der Waals surface area contributed by atoms with E-state index < -0.39 is 0 Å². The maximum absolute atomic E-state index is 12.9. The van der Waals surface area contributed by atoms with E-state index in [1.807, 2.05) is 0 Å². The van der Waals surface area contributed by atoms with Gasteiger partial charge >= 0.3 is 0 Å². The Morgan fingerprint density at radius 1 is 0.704 bits per heavy atom. The van der Waals surface area contributed by atoms with Crippen molar-refractivity contribution in [2.75, 3.05) is 27.2 Å². The molecule has 0 aromatic carbocycles. The Kier molecular flexibility index (Phi) is 18.4. The molecule has 0 fully saturated rings. The summed E-state index contributed by atoms with van der Waals surface area (Å²) in [6, 6.07) is 0.446. The summed E-state index contributed by atoms with van der Waals surface area (Å²) in [4.78, 5) is 17.4. The molecule has 1 unspecified atom stereocenters. The molecule has 0 radical (unpaired) electrons. The smallest absolute Gasteiger partial charge is 0.222 e. The third-order valence-electron chi connectivity index (χ3n) is 5.62. The van der Waals surface area contributed by atoms with Crippen molar-refractivity contribution in [3.8, 4) is 0 Å². The first kappa shape index (κ1) is 26.4. The standard InChI is InChI=1S/C24H50N2O/c1-6-9-11-13-15-16-19-23(8-3)26(22-18-21-25(4)5)24(27)20-17-14-12-10-7-2/h23H,6-22H2,1-5H3. The van der Waals surface area contributed by atoms with E-state index in [1.54, 1.807) is 0 Å². The largest absolute Gasteiger partial charge is 0.340 e. The van der Waals surface area contributed by atoms with Gasteiger partial charge in [-0.2, -0.15) is 0 Å². The van der Waals surface area contributed by atoms with Crippen molar-refractivity contribution < 1.29 is 4.79 Å². The normalized spacial score (nSPS) is 12.5. The van der Waals surface area contributed by atoms with E-state index in [-0.39, 0.29) is 0 Å². The number of hydrogen-bond acceptors (Lipinski definition) is 2. The highest BCUT2D eigenvalue weighted by molar-refractivity contribution is 5.76. The minimum absolute atomic E-state index is 0.406. The van der Waals surface area contributed by atoms with Gasteiger partial charge in [0, 0.05) is 19.0 Å². The molecule has 27 heavy (non-hydrogen) atoms. The van der Waals surface area contributed by atoms with Crippen molar-refractivity contribution in [1.82, 2.24) is 9.80 Å². The van der Waals surface area contributed by atoms with Gasteiger partial charge in [0.1, 0.15) is 0 Å². The van der Waals surface area contributed by atoms with Crippen LogP contribution in [0.3, 0.4) is 0 Å². The molecule has 0 spiro atoms. The number of carbonyl (C=O) groups excluding carboxylic acids is 1. The highest BCUT2D eigenvalue weighted by atomic mass is 16.2. The second-order valence-corrected chi connectivity index (χ2v) is 8.53. The highest BCUT2D eigenvalue weighted by Gasteiger charge is 2.21. The van der Waals surface area contributed by atoms with E-state index in [1.165, 1.54) is 70.6 Å². The molecular formula is C24H50N2O. The van der Waals surface area contributed by atoms with Crippen molar-refractivity contribution >= 4 is 5.91 Å². The summed E-state index contributed by atoms with van der Waals surface area (Å²) >= 11 is 0.